The lowest BCUT2D eigenvalue weighted by atomic mass is 9.78. The molecule has 0 heterocycles. The van der Waals surface area contributed by atoms with E-state index in [1.54, 1.807) is 24.3 Å². The van der Waals surface area contributed by atoms with E-state index in [0.717, 1.165) is 42.6 Å². The summed E-state index contributed by atoms with van der Waals surface area (Å²) in [4.78, 5) is 0. The molecule has 4 atom stereocenters. The fourth-order valence-electron chi connectivity index (χ4n) is 6.46. The number of hydrogen-bond acceptors (Lipinski definition) is 4. The van der Waals surface area contributed by atoms with Crippen molar-refractivity contribution in [1.82, 2.24) is 0 Å². The van der Waals surface area contributed by atoms with E-state index in [1.165, 1.54) is 22.3 Å². The maximum Gasteiger partial charge on any atom is 0.632 e. The van der Waals surface area contributed by atoms with E-state index in [0.29, 0.717) is 35.2 Å². The lowest BCUT2D eigenvalue weighted by Crippen LogP contribution is -2.42. The van der Waals surface area contributed by atoms with Crippen molar-refractivity contribution < 1.29 is 19.5 Å². The number of aromatic hydroxyl groups is 2. The lowest BCUT2D eigenvalue weighted by molar-refractivity contribution is 0.438. The van der Waals surface area contributed by atoms with Crippen LogP contribution >= 0.6 is 0 Å². The van der Waals surface area contributed by atoms with Gasteiger partial charge in [0, 0.05) is 5.46 Å². The fraction of sp³-hybridized carbons (Fsp3) is 0.286. The van der Waals surface area contributed by atoms with Gasteiger partial charge in [-0.2, -0.15) is 0 Å². The second kappa shape index (κ2) is 16.3. The van der Waals surface area contributed by atoms with Gasteiger partial charge in [-0.25, -0.2) is 0 Å². The summed E-state index contributed by atoms with van der Waals surface area (Å²) in [5.41, 5.74) is 6.02. The van der Waals surface area contributed by atoms with Crippen LogP contribution in [0.15, 0.2) is 127 Å². The van der Waals surface area contributed by atoms with Crippen LogP contribution in [0.3, 0.4) is 0 Å². The molecule has 0 bridgehead atoms. The molecule has 0 radical (unpaired) electrons. The Kier molecular flexibility index (Phi) is 11.7. The summed E-state index contributed by atoms with van der Waals surface area (Å²) in [7, 11) is -0.596. The Morgan fingerprint density at radius 2 is 0.851 bits per heavy atom. The van der Waals surface area contributed by atoms with Crippen LogP contribution in [-0.4, -0.2) is 17.3 Å². The minimum atomic E-state index is -0.596. The Morgan fingerprint density at radius 1 is 0.489 bits per heavy atom. The molecule has 4 unspecified atom stereocenters. The molecule has 5 aromatic rings. The van der Waals surface area contributed by atoms with E-state index in [4.69, 9.17) is 9.31 Å². The number of benzene rings is 5. The maximum atomic E-state index is 9.69. The number of phenols is 2. The standard InChI is InChI=1S/C42H47BO4/c1-5-32(36-14-22-40(45)23-15-36)29-31(4)35-16-24-41(25-17-35)46-43(38-10-8-7-9-11-38)47-42-26-18-37(19-27-42)33(6-2)28-30(3)34-12-20-39(44)21-13-34/h7-27,30-33,44-45H,5-6,28-29H2,1-4H3. The van der Waals surface area contributed by atoms with Crippen LogP contribution in [0.5, 0.6) is 23.0 Å². The Bertz CT molecular complexity index is 1640. The second-order valence-corrected chi connectivity index (χ2v) is 12.8. The molecule has 0 amide bonds. The molecule has 0 aliphatic carbocycles. The van der Waals surface area contributed by atoms with Gasteiger partial charge in [-0.15, -0.1) is 0 Å². The summed E-state index contributed by atoms with van der Waals surface area (Å²) in [5, 5.41) is 19.4. The SMILES string of the molecule is CCC(CC(C)c1ccc(OB(Oc2ccc(C(CC)CC(C)c3ccc(O)cc3)cc2)c2ccccc2)cc1)c1ccc(O)cc1. The molecule has 5 heteroatoms. The van der Waals surface area contributed by atoms with E-state index in [1.807, 2.05) is 78.9 Å². The van der Waals surface area contributed by atoms with Crippen molar-refractivity contribution in [2.75, 3.05) is 0 Å². The molecule has 0 aromatic heterocycles. The third-order valence-corrected chi connectivity index (χ3v) is 9.45. The van der Waals surface area contributed by atoms with Crippen molar-refractivity contribution in [3.8, 4) is 23.0 Å². The topological polar surface area (TPSA) is 58.9 Å². The van der Waals surface area contributed by atoms with E-state index in [2.05, 4.69) is 52.0 Å². The summed E-state index contributed by atoms with van der Waals surface area (Å²) < 4.78 is 12.9. The maximum absolute atomic E-state index is 9.69. The van der Waals surface area contributed by atoms with Crippen molar-refractivity contribution in [3.05, 3.63) is 150 Å². The van der Waals surface area contributed by atoms with Crippen molar-refractivity contribution in [2.45, 2.75) is 77.0 Å². The third kappa shape index (κ3) is 9.22. The zero-order valence-corrected chi connectivity index (χ0v) is 28.1. The predicted octanol–water partition coefficient (Wildman–Crippen LogP) is 10.3. The molecule has 0 aliphatic rings. The van der Waals surface area contributed by atoms with Crippen molar-refractivity contribution >= 4 is 12.6 Å². The molecule has 5 aromatic carbocycles. The third-order valence-electron chi connectivity index (χ3n) is 9.45. The quantitative estimate of drug-likeness (QED) is 0.114. The van der Waals surface area contributed by atoms with Gasteiger partial charge in [-0.3, -0.25) is 0 Å². The molecular formula is C42H47BO4. The van der Waals surface area contributed by atoms with Crippen molar-refractivity contribution in [1.29, 1.82) is 0 Å². The lowest BCUT2D eigenvalue weighted by Gasteiger charge is -2.22. The average Bonchev–Trinajstić information content (AvgIpc) is 3.11. The highest BCUT2D eigenvalue weighted by atomic mass is 16.6. The monoisotopic (exact) mass is 626 g/mol. The summed E-state index contributed by atoms with van der Waals surface area (Å²) in [6.45, 7) is 8.99. The summed E-state index contributed by atoms with van der Waals surface area (Å²) >= 11 is 0. The molecule has 2 N–H and O–H groups in total. The first-order valence-electron chi connectivity index (χ1n) is 17.0. The molecule has 0 aliphatic heterocycles. The first-order valence-corrected chi connectivity index (χ1v) is 17.0. The van der Waals surface area contributed by atoms with Gasteiger partial charge in [0.15, 0.2) is 0 Å². The van der Waals surface area contributed by atoms with Gasteiger partial charge in [0.05, 0.1) is 0 Å². The van der Waals surface area contributed by atoms with E-state index < -0.39 is 7.12 Å². The van der Waals surface area contributed by atoms with E-state index >= 15 is 0 Å². The van der Waals surface area contributed by atoms with Gasteiger partial charge in [-0.1, -0.05) is 107 Å². The fourth-order valence-corrected chi connectivity index (χ4v) is 6.46. The first-order chi connectivity index (χ1) is 22.8. The molecule has 47 heavy (non-hydrogen) atoms. The highest BCUT2D eigenvalue weighted by Gasteiger charge is 2.27. The zero-order valence-electron chi connectivity index (χ0n) is 28.1. The highest BCUT2D eigenvalue weighted by Crippen LogP contribution is 2.35. The Labute approximate surface area is 281 Å². The molecule has 242 valence electrons. The van der Waals surface area contributed by atoms with Gasteiger partial charge in [0.2, 0.25) is 0 Å². The van der Waals surface area contributed by atoms with Gasteiger partial charge in [0.1, 0.15) is 23.0 Å². The summed E-state index contributed by atoms with van der Waals surface area (Å²) in [6, 6.07) is 42.1. The van der Waals surface area contributed by atoms with Crippen LogP contribution in [0, 0.1) is 0 Å². The van der Waals surface area contributed by atoms with Gasteiger partial charge in [-0.05, 0) is 120 Å². The number of hydrogen-bond donors (Lipinski definition) is 2. The minimum absolute atomic E-state index is 0.302. The average molecular weight is 627 g/mol. The van der Waals surface area contributed by atoms with Crippen LogP contribution in [-0.2, 0) is 0 Å². The van der Waals surface area contributed by atoms with E-state index in [-0.39, 0.29) is 0 Å². The van der Waals surface area contributed by atoms with Crippen LogP contribution in [0.1, 0.15) is 99.3 Å². The van der Waals surface area contributed by atoms with Crippen LogP contribution in [0.2, 0.25) is 0 Å². The summed E-state index contributed by atoms with van der Waals surface area (Å²) in [5.74, 6) is 3.73. The smallest absolute Gasteiger partial charge is 0.522 e. The normalized spacial score (nSPS) is 13.7. The molecule has 0 spiro atoms. The second-order valence-electron chi connectivity index (χ2n) is 12.8. The van der Waals surface area contributed by atoms with Crippen LogP contribution in [0.4, 0.5) is 0 Å². The van der Waals surface area contributed by atoms with Crippen LogP contribution in [0.25, 0.3) is 0 Å². The first kappa shape index (κ1) is 33.7. The largest absolute Gasteiger partial charge is 0.632 e. The predicted molar refractivity (Wildman–Crippen MR) is 194 cm³/mol. The Morgan fingerprint density at radius 3 is 1.26 bits per heavy atom. The molecule has 0 saturated heterocycles. The summed E-state index contributed by atoms with van der Waals surface area (Å²) in [6.07, 6.45) is 4.15. The Balaban J connectivity index is 1.24. The zero-order chi connectivity index (χ0) is 33.2. The van der Waals surface area contributed by atoms with Crippen LogP contribution < -0.4 is 14.8 Å². The van der Waals surface area contributed by atoms with Crippen molar-refractivity contribution in [3.63, 3.8) is 0 Å². The van der Waals surface area contributed by atoms with Gasteiger partial charge >= 0.3 is 7.12 Å². The number of rotatable bonds is 15. The van der Waals surface area contributed by atoms with Crippen molar-refractivity contribution in [2.24, 2.45) is 0 Å². The minimum Gasteiger partial charge on any atom is -0.522 e. The van der Waals surface area contributed by atoms with E-state index in [9.17, 15) is 10.2 Å². The Hall–Kier alpha value is -4.64. The number of phenolic OH excluding ortho intramolecular Hbond substituents is 2. The molecule has 0 saturated carbocycles. The highest BCUT2D eigenvalue weighted by molar-refractivity contribution is 6.62. The molecular weight excluding hydrogens is 579 g/mol. The molecule has 4 nitrogen and oxygen atoms in total. The van der Waals surface area contributed by atoms with Gasteiger partial charge < -0.3 is 19.5 Å². The molecule has 5 rings (SSSR count). The molecule has 0 fully saturated rings. The van der Waals surface area contributed by atoms with Gasteiger partial charge in [0.25, 0.3) is 0 Å².